The van der Waals surface area contributed by atoms with E-state index >= 15 is 0 Å². The van der Waals surface area contributed by atoms with Gasteiger partial charge in [0.05, 0.1) is 34.1 Å². The fourth-order valence-electron chi connectivity index (χ4n) is 3.07. The van der Waals surface area contributed by atoms with E-state index in [1.807, 2.05) is 20.0 Å². The van der Waals surface area contributed by atoms with Crippen molar-refractivity contribution in [2.24, 2.45) is 7.05 Å². The number of hydrogen-bond acceptors (Lipinski definition) is 4. The smallest absolute Gasteiger partial charge is 0.219 e. The van der Waals surface area contributed by atoms with E-state index in [2.05, 4.69) is 20.1 Å². The first-order chi connectivity index (χ1) is 12.4. The molecule has 1 unspecified atom stereocenters. The lowest BCUT2D eigenvalue weighted by atomic mass is 10.0. The van der Waals surface area contributed by atoms with Crippen LogP contribution >= 0.6 is 0 Å². The lowest BCUT2D eigenvalue weighted by molar-refractivity contribution is 0.630. The van der Waals surface area contributed by atoms with Crippen LogP contribution in [0.15, 0.2) is 41.8 Å². The van der Waals surface area contributed by atoms with Crippen LogP contribution in [-0.2, 0) is 17.8 Å². The summed E-state index contributed by atoms with van der Waals surface area (Å²) in [6.07, 6.45) is 5.02. The minimum absolute atomic E-state index is 0.200. The lowest BCUT2D eigenvalue weighted by Crippen LogP contribution is -2.04. The van der Waals surface area contributed by atoms with Gasteiger partial charge in [0.15, 0.2) is 0 Å². The van der Waals surface area contributed by atoms with E-state index in [0.29, 0.717) is 22.5 Å². The number of nitrogens with zero attached hydrogens (tertiary/aromatic N) is 4. The molecule has 132 valence electrons. The largest absolute Gasteiger partial charge is 0.361 e. The van der Waals surface area contributed by atoms with E-state index < -0.39 is 10.8 Å². The maximum absolute atomic E-state index is 14.1. The lowest BCUT2D eigenvalue weighted by Gasteiger charge is -2.10. The first-order valence-corrected chi connectivity index (χ1v) is 9.48. The quantitative estimate of drug-likeness (QED) is 0.563. The minimum Gasteiger partial charge on any atom is -0.361 e. The van der Waals surface area contributed by atoms with Crippen LogP contribution < -0.4 is 0 Å². The highest BCUT2D eigenvalue weighted by molar-refractivity contribution is 7.84. The van der Waals surface area contributed by atoms with Crippen molar-refractivity contribution >= 4 is 21.7 Å². The zero-order valence-corrected chi connectivity index (χ0v) is 15.3. The maximum atomic E-state index is 14.1. The number of nitrogens with one attached hydrogen (secondary N) is 1. The first kappa shape index (κ1) is 16.6. The van der Waals surface area contributed by atoms with Gasteiger partial charge in [-0.3, -0.25) is 8.89 Å². The highest BCUT2D eigenvalue weighted by Gasteiger charge is 2.17. The van der Waals surface area contributed by atoms with Crippen LogP contribution in [0.2, 0.25) is 0 Å². The molecule has 3 heterocycles. The van der Waals surface area contributed by atoms with Crippen LogP contribution in [0.4, 0.5) is 4.39 Å². The van der Waals surface area contributed by atoms with E-state index in [1.165, 1.54) is 18.4 Å². The highest BCUT2D eigenvalue weighted by Crippen LogP contribution is 2.31. The Bertz CT molecular complexity index is 1140. The molecule has 1 N–H and O–H groups in total. The van der Waals surface area contributed by atoms with Gasteiger partial charge in [-0.1, -0.05) is 0 Å². The van der Waals surface area contributed by atoms with Crippen LogP contribution in [0.3, 0.4) is 0 Å². The van der Waals surface area contributed by atoms with E-state index in [1.54, 1.807) is 23.1 Å². The number of aromatic nitrogens is 5. The summed E-state index contributed by atoms with van der Waals surface area (Å²) < 4.78 is 27.9. The molecule has 0 fully saturated rings. The third-order valence-corrected chi connectivity index (χ3v) is 4.93. The molecule has 26 heavy (non-hydrogen) atoms. The molecule has 3 aromatic heterocycles. The van der Waals surface area contributed by atoms with Gasteiger partial charge in [0.1, 0.15) is 5.82 Å². The molecule has 0 amide bonds. The molecule has 1 atom stereocenters. The van der Waals surface area contributed by atoms with Crippen molar-refractivity contribution in [3.63, 3.8) is 0 Å². The van der Waals surface area contributed by atoms with Gasteiger partial charge in [-0.15, -0.1) is 0 Å². The molecule has 0 radical (unpaired) electrons. The Morgan fingerprint density at radius 1 is 1.19 bits per heavy atom. The Hall–Kier alpha value is -2.87. The monoisotopic (exact) mass is 369 g/mol. The topological polar surface area (TPSA) is 76.5 Å². The summed E-state index contributed by atoms with van der Waals surface area (Å²) in [4.78, 5) is 11.9. The van der Waals surface area contributed by atoms with Gasteiger partial charge in [-0.2, -0.15) is 5.10 Å². The van der Waals surface area contributed by atoms with Gasteiger partial charge in [0.25, 0.3) is 0 Å². The van der Waals surface area contributed by atoms with Gasteiger partial charge in [0.2, 0.25) is 5.16 Å². The molecular weight excluding hydrogens is 353 g/mol. The fraction of sp³-hybridized carbons (Fsp3) is 0.167. The van der Waals surface area contributed by atoms with Gasteiger partial charge < -0.3 is 4.98 Å². The van der Waals surface area contributed by atoms with Crippen LogP contribution in [0.5, 0.6) is 0 Å². The molecule has 4 aromatic rings. The maximum Gasteiger partial charge on any atom is 0.219 e. The van der Waals surface area contributed by atoms with Crippen LogP contribution in [0.25, 0.3) is 33.5 Å². The second-order valence-corrected chi connectivity index (χ2v) is 7.34. The summed E-state index contributed by atoms with van der Waals surface area (Å²) in [5, 5.41) is 5.28. The molecule has 0 aliphatic heterocycles. The van der Waals surface area contributed by atoms with Crippen molar-refractivity contribution in [2.75, 3.05) is 6.26 Å². The molecule has 0 aliphatic carbocycles. The molecule has 1 aromatic carbocycles. The average molecular weight is 369 g/mol. The summed E-state index contributed by atoms with van der Waals surface area (Å²) in [6.45, 7) is 1.93. The Kier molecular flexibility index (Phi) is 3.91. The molecule has 0 saturated carbocycles. The third kappa shape index (κ3) is 2.72. The van der Waals surface area contributed by atoms with E-state index in [0.717, 1.165) is 16.6 Å². The van der Waals surface area contributed by atoms with Gasteiger partial charge in [0, 0.05) is 36.0 Å². The minimum atomic E-state index is -1.38. The van der Waals surface area contributed by atoms with Crippen LogP contribution in [0, 0.1) is 12.7 Å². The summed E-state index contributed by atoms with van der Waals surface area (Å²) in [5.74, 6) is -0.369. The molecule has 0 aliphatic rings. The van der Waals surface area contributed by atoms with Crippen molar-refractivity contribution < 1.29 is 8.60 Å². The number of halogens is 1. The summed E-state index contributed by atoms with van der Waals surface area (Å²) >= 11 is 0. The summed E-state index contributed by atoms with van der Waals surface area (Å²) in [7, 11) is 0.438. The molecule has 0 saturated heterocycles. The van der Waals surface area contributed by atoms with Gasteiger partial charge >= 0.3 is 0 Å². The molecule has 0 bridgehead atoms. The number of aryl methyl sites for hydroxylation is 2. The second kappa shape index (κ2) is 6.14. The molecule has 6 nitrogen and oxygen atoms in total. The zero-order chi connectivity index (χ0) is 18.4. The van der Waals surface area contributed by atoms with E-state index in [4.69, 9.17) is 0 Å². The van der Waals surface area contributed by atoms with Crippen molar-refractivity contribution in [2.45, 2.75) is 12.1 Å². The van der Waals surface area contributed by atoms with Gasteiger partial charge in [-0.05, 0) is 36.8 Å². The normalized spacial score (nSPS) is 12.6. The third-order valence-electron chi connectivity index (χ3n) is 4.24. The predicted molar refractivity (Wildman–Crippen MR) is 98.6 cm³/mol. The second-order valence-electron chi connectivity index (χ2n) is 6.07. The predicted octanol–water partition coefficient (Wildman–Crippen LogP) is 3.21. The van der Waals surface area contributed by atoms with Crippen molar-refractivity contribution in [1.82, 2.24) is 24.7 Å². The summed E-state index contributed by atoms with van der Waals surface area (Å²) in [5.41, 5.74) is 4.17. The van der Waals surface area contributed by atoms with Crippen molar-refractivity contribution in [1.29, 1.82) is 0 Å². The SMILES string of the molecule is Cc1cnn(C)c1-c1cc(-c2cc(F)cc3[nH]ccc23)nc(S(C)=O)n1. The number of rotatable bonds is 3. The Balaban J connectivity index is 2.02. The molecular formula is C18H16FN5OS. The number of H-pyrrole nitrogens is 1. The molecule has 0 spiro atoms. The average Bonchev–Trinajstić information content (AvgIpc) is 3.19. The Labute approximate surface area is 151 Å². The fourth-order valence-corrected chi connectivity index (χ4v) is 3.53. The molecule has 4 rings (SSSR count). The number of benzene rings is 1. The van der Waals surface area contributed by atoms with Crippen LogP contribution in [0.1, 0.15) is 5.56 Å². The zero-order valence-electron chi connectivity index (χ0n) is 14.4. The van der Waals surface area contributed by atoms with Crippen LogP contribution in [-0.4, -0.2) is 35.2 Å². The number of aromatic amines is 1. The van der Waals surface area contributed by atoms with Crippen molar-refractivity contribution in [3.8, 4) is 22.6 Å². The molecule has 8 heteroatoms. The van der Waals surface area contributed by atoms with Gasteiger partial charge in [-0.25, -0.2) is 14.4 Å². The van der Waals surface area contributed by atoms with E-state index in [-0.39, 0.29) is 11.0 Å². The standard InChI is InChI=1S/C18H16FN5OS/c1-10-9-21-24(2)17(10)16-8-15(22-18(23-16)26(3)25)13-6-11(19)7-14-12(13)4-5-20-14/h4-9,20H,1-3H3. The Morgan fingerprint density at radius 3 is 2.65 bits per heavy atom. The van der Waals surface area contributed by atoms with E-state index in [9.17, 15) is 8.60 Å². The number of fused-ring (bicyclic) bond motifs is 1. The first-order valence-electron chi connectivity index (χ1n) is 7.92. The Morgan fingerprint density at radius 2 is 1.96 bits per heavy atom. The summed E-state index contributed by atoms with van der Waals surface area (Å²) in [6, 6.07) is 6.51. The highest BCUT2D eigenvalue weighted by atomic mass is 32.2. The number of hydrogen-bond donors (Lipinski definition) is 1. The van der Waals surface area contributed by atoms with Crippen molar-refractivity contribution in [3.05, 3.63) is 48.0 Å².